The van der Waals surface area contributed by atoms with Crippen molar-refractivity contribution in [3.05, 3.63) is 71.9 Å². The number of benzene rings is 2. The van der Waals surface area contributed by atoms with E-state index in [1.807, 2.05) is 0 Å². The second kappa shape index (κ2) is 7.95. The third kappa shape index (κ3) is 4.76. The molecule has 0 aliphatic carbocycles. The number of anilines is 4. The lowest BCUT2D eigenvalue weighted by atomic mass is 10.2. The molecular weight excluding hydrogens is 373 g/mol. The van der Waals surface area contributed by atoms with Crippen LogP contribution in [0.3, 0.4) is 0 Å². The fourth-order valence-corrected chi connectivity index (χ4v) is 2.38. The van der Waals surface area contributed by atoms with Gasteiger partial charge in [-0.25, -0.2) is 9.78 Å². The van der Waals surface area contributed by atoms with Crippen molar-refractivity contribution >= 4 is 29.1 Å². The van der Waals surface area contributed by atoms with Crippen molar-refractivity contribution in [1.82, 2.24) is 9.97 Å². The van der Waals surface area contributed by atoms with Gasteiger partial charge in [0.05, 0.1) is 18.2 Å². The Morgan fingerprint density at radius 1 is 1.00 bits per heavy atom. The molecule has 1 aromatic heterocycles. The minimum Gasteiger partial charge on any atom is -0.465 e. The highest BCUT2D eigenvalue weighted by atomic mass is 19.4. The first-order valence-electron chi connectivity index (χ1n) is 8.08. The first kappa shape index (κ1) is 19.2. The van der Waals surface area contributed by atoms with E-state index in [-0.39, 0.29) is 11.6 Å². The van der Waals surface area contributed by atoms with Crippen LogP contribution >= 0.6 is 0 Å². The van der Waals surface area contributed by atoms with Crippen LogP contribution in [0.4, 0.5) is 36.3 Å². The fourth-order valence-electron chi connectivity index (χ4n) is 2.38. The molecule has 2 aromatic carbocycles. The third-order valence-corrected chi connectivity index (χ3v) is 3.66. The molecule has 0 amide bonds. The zero-order chi connectivity index (χ0) is 20.1. The van der Waals surface area contributed by atoms with Gasteiger partial charge in [0.1, 0.15) is 5.82 Å². The lowest BCUT2D eigenvalue weighted by Gasteiger charge is -2.11. The number of hydrogen-bond acceptors (Lipinski definition) is 6. The summed E-state index contributed by atoms with van der Waals surface area (Å²) in [5, 5.41) is 5.75. The van der Waals surface area contributed by atoms with E-state index in [0.29, 0.717) is 17.1 Å². The van der Waals surface area contributed by atoms with Crippen molar-refractivity contribution in [3.8, 4) is 0 Å². The number of ether oxygens (including phenoxy) is 1. The van der Waals surface area contributed by atoms with E-state index in [1.165, 1.54) is 31.5 Å². The van der Waals surface area contributed by atoms with Crippen LogP contribution in [0.25, 0.3) is 0 Å². The topological polar surface area (TPSA) is 76.1 Å². The van der Waals surface area contributed by atoms with E-state index in [2.05, 4.69) is 25.3 Å². The van der Waals surface area contributed by atoms with Crippen LogP contribution < -0.4 is 10.6 Å². The number of hydrogen-bond donors (Lipinski definition) is 2. The van der Waals surface area contributed by atoms with Gasteiger partial charge in [-0.3, -0.25) is 0 Å². The maximum Gasteiger partial charge on any atom is 0.416 e. The molecule has 0 saturated heterocycles. The molecule has 1 heterocycles. The molecule has 0 aliphatic heterocycles. The summed E-state index contributed by atoms with van der Waals surface area (Å²) in [6.45, 7) is 0. The van der Waals surface area contributed by atoms with Crippen molar-refractivity contribution < 1.29 is 22.7 Å². The molecule has 9 heteroatoms. The number of nitrogens with one attached hydrogen (secondary N) is 2. The quantitative estimate of drug-likeness (QED) is 0.614. The number of carbonyl (C=O) groups excluding carboxylic acids is 1. The average Bonchev–Trinajstić information content (AvgIpc) is 2.67. The SMILES string of the molecule is COC(=O)c1cccc(Nc2nccc(Nc3cccc(C(F)(F)F)c3)n2)c1. The lowest BCUT2D eigenvalue weighted by Crippen LogP contribution is -2.06. The summed E-state index contributed by atoms with van der Waals surface area (Å²) < 4.78 is 43.2. The molecule has 6 nitrogen and oxygen atoms in total. The average molecular weight is 388 g/mol. The molecule has 0 radical (unpaired) electrons. The maximum atomic E-state index is 12.8. The molecular formula is C19H15F3N4O2. The Labute approximate surface area is 158 Å². The van der Waals surface area contributed by atoms with Gasteiger partial charge in [-0.1, -0.05) is 12.1 Å². The number of nitrogens with zero attached hydrogens (tertiary/aromatic N) is 2. The van der Waals surface area contributed by atoms with Crippen LogP contribution in [0.1, 0.15) is 15.9 Å². The van der Waals surface area contributed by atoms with Gasteiger partial charge in [-0.15, -0.1) is 0 Å². The van der Waals surface area contributed by atoms with Crippen molar-refractivity contribution in [2.45, 2.75) is 6.18 Å². The molecule has 144 valence electrons. The minimum absolute atomic E-state index is 0.207. The summed E-state index contributed by atoms with van der Waals surface area (Å²) in [7, 11) is 1.29. The molecule has 3 rings (SSSR count). The van der Waals surface area contributed by atoms with Gasteiger partial charge in [-0.05, 0) is 42.5 Å². The number of esters is 1. The zero-order valence-corrected chi connectivity index (χ0v) is 14.6. The Kier molecular flexibility index (Phi) is 5.44. The van der Waals surface area contributed by atoms with E-state index in [9.17, 15) is 18.0 Å². The molecule has 0 spiro atoms. The van der Waals surface area contributed by atoms with Crippen LogP contribution in [-0.4, -0.2) is 23.0 Å². The number of carbonyl (C=O) groups is 1. The highest BCUT2D eigenvalue weighted by molar-refractivity contribution is 5.90. The van der Waals surface area contributed by atoms with Crippen LogP contribution in [0, 0.1) is 0 Å². The number of methoxy groups -OCH3 is 1. The van der Waals surface area contributed by atoms with E-state index < -0.39 is 17.7 Å². The first-order valence-corrected chi connectivity index (χ1v) is 8.08. The summed E-state index contributed by atoms with van der Waals surface area (Å²) in [5.74, 6) is 0.0319. The largest absolute Gasteiger partial charge is 0.465 e. The predicted octanol–water partition coefficient (Wildman–Crippen LogP) is 4.77. The number of alkyl halides is 3. The van der Waals surface area contributed by atoms with E-state index in [1.54, 1.807) is 24.3 Å². The van der Waals surface area contributed by atoms with E-state index >= 15 is 0 Å². The Hall–Kier alpha value is -3.62. The predicted molar refractivity (Wildman–Crippen MR) is 97.8 cm³/mol. The molecule has 3 aromatic rings. The highest BCUT2D eigenvalue weighted by Crippen LogP contribution is 2.31. The molecule has 0 saturated carbocycles. The zero-order valence-electron chi connectivity index (χ0n) is 14.6. The normalized spacial score (nSPS) is 11.0. The highest BCUT2D eigenvalue weighted by Gasteiger charge is 2.30. The van der Waals surface area contributed by atoms with Gasteiger partial charge in [0.25, 0.3) is 0 Å². The van der Waals surface area contributed by atoms with Crippen molar-refractivity contribution in [2.75, 3.05) is 17.7 Å². The number of aromatic nitrogens is 2. The lowest BCUT2D eigenvalue weighted by molar-refractivity contribution is -0.137. The van der Waals surface area contributed by atoms with Gasteiger partial charge in [0.15, 0.2) is 0 Å². The van der Waals surface area contributed by atoms with Crippen LogP contribution in [-0.2, 0) is 10.9 Å². The number of rotatable bonds is 5. The minimum atomic E-state index is -4.43. The molecule has 0 bridgehead atoms. The van der Waals surface area contributed by atoms with Gasteiger partial charge in [0, 0.05) is 17.6 Å². The first-order chi connectivity index (χ1) is 13.3. The van der Waals surface area contributed by atoms with E-state index in [0.717, 1.165) is 12.1 Å². The molecule has 2 N–H and O–H groups in total. The van der Waals surface area contributed by atoms with Crippen LogP contribution in [0.2, 0.25) is 0 Å². The Morgan fingerprint density at radius 2 is 1.71 bits per heavy atom. The summed E-state index contributed by atoms with van der Waals surface area (Å²) in [6, 6.07) is 12.9. The monoisotopic (exact) mass is 388 g/mol. The smallest absolute Gasteiger partial charge is 0.416 e. The Bertz CT molecular complexity index is 993. The number of halogens is 3. The van der Waals surface area contributed by atoms with Crippen LogP contribution in [0.5, 0.6) is 0 Å². The molecule has 0 aliphatic rings. The second-order valence-corrected chi connectivity index (χ2v) is 5.67. The van der Waals surface area contributed by atoms with Crippen LogP contribution in [0.15, 0.2) is 60.8 Å². The van der Waals surface area contributed by atoms with Gasteiger partial charge >= 0.3 is 12.1 Å². The molecule has 0 unspecified atom stereocenters. The van der Waals surface area contributed by atoms with Gasteiger partial charge < -0.3 is 15.4 Å². The second-order valence-electron chi connectivity index (χ2n) is 5.67. The summed E-state index contributed by atoms with van der Waals surface area (Å²) in [6.07, 6.45) is -2.98. The van der Waals surface area contributed by atoms with Crippen molar-refractivity contribution in [3.63, 3.8) is 0 Å². The van der Waals surface area contributed by atoms with Gasteiger partial charge in [-0.2, -0.15) is 18.2 Å². The molecule has 0 atom stereocenters. The third-order valence-electron chi connectivity index (χ3n) is 3.66. The standard InChI is InChI=1S/C19H15F3N4O2/c1-28-17(27)12-4-2-6-14(10-12)25-18-23-9-8-16(26-18)24-15-7-3-5-13(11-15)19(20,21)22/h2-11H,1H3,(H2,23,24,25,26). The summed E-state index contributed by atoms with van der Waals surface area (Å²) in [5.41, 5.74) is 0.390. The summed E-state index contributed by atoms with van der Waals surface area (Å²) in [4.78, 5) is 19.9. The van der Waals surface area contributed by atoms with Crippen molar-refractivity contribution in [1.29, 1.82) is 0 Å². The molecule has 28 heavy (non-hydrogen) atoms. The maximum absolute atomic E-state index is 12.8. The fraction of sp³-hybridized carbons (Fsp3) is 0.105. The molecule has 0 fully saturated rings. The Morgan fingerprint density at radius 3 is 2.43 bits per heavy atom. The Balaban J connectivity index is 1.77. The van der Waals surface area contributed by atoms with Crippen molar-refractivity contribution in [2.24, 2.45) is 0 Å². The summed E-state index contributed by atoms with van der Waals surface area (Å²) >= 11 is 0. The van der Waals surface area contributed by atoms with Gasteiger partial charge in [0.2, 0.25) is 5.95 Å². The van der Waals surface area contributed by atoms with E-state index in [4.69, 9.17) is 0 Å².